The molecule has 6 heteroatoms. The topological polar surface area (TPSA) is 54.0 Å². The minimum absolute atomic E-state index is 0.132. The molecule has 0 bridgehead atoms. The standard InChI is InChI=1S/C17H20FN3OS/c1-11-6-7-19-9-14(11)21-17(22)15-10-23-16(20-15)8-12-4-2-3-5-13(12)18/h2-5,10-11,14,19H,6-9H2,1H3,(H,21,22). The van der Waals surface area contributed by atoms with Crippen LogP contribution in [0.25, 0.3) is 0 Å². The van der Waals surface area contributed by atoms with Crippen LogP contribution < -0.4 is 10.6 Å². The maximum atomic E-state index is 13.7. The van der Waals surface area contributed by atoms with Crippen LogP contribution in [0.3, 0.4) is 0 Å². The fraction of sp³-hybridized carbons (Fsp3) is 0.412. The van der Waals surface area contributed by atoms with Crippen molar-refractivity contribution in [3.63, 3.8) is 0 Å². The number of piperidine rings is 1. The van der Waals surface area contributed by atoms with Crippen LogP contribution >= 0.6 is 11.3 Å². The molecule has 0 radical (unpaired) electrons. The Labute approximate surface area is 139 Å². The van der Waals surface area contributed by atoms with E-state index in [0.717, 1.165) is 24.5 Å². The van der Waals surface area contributed by atoms with Crippen molar-refractivity contribution in [2.45, 2.75) is 25.8 Å². The van der Waals surface area contributed by atoms with Crippen molar-refractivity contribution >= 4 is 17.2 Å². The van der Waals surface area contributed by atoms with Crippen molar-refractivity contribution in [2.75, 3.05) is 13.1 Å². The van der Waals surface area contributed by atoms with Crippen LogP contribution in [-0.2, 0) is 6.42 Å². The summed E-state index contributed by atoms with van der Waals surface area (Å²) in [6, 6.07) is 6.78. The molecule has 4 nitrogen and oxygen atoms in total. The van der Waals surface area contributed by atoms with Crippen LogP contribution in [-0.4, -0.2) is 30.0 Å². The molecule has 1 fully saturated rings. The highest BCUT2D eigenvalue weighted by Crippen LogP contribution is 2.18. The van der Waals surface area contributed by atoms with Crippen LogP contribution in [0.2, 0.25) is 0 Å². The van der Waals surface area contributed by atoms with E-state index in [1.807, 2.05) is 0 Å². The Balaban J connectivity index is 1.64. The first-order valence-corrected chi connectivity index (χ1v) is 8.71. The van der Waals surface area contributed by atoms with Gasteiger partial charge < -0.3 is 10.6 Å². The van der Waals surface area contributed by atoms with E-state index < -0.39 is 0 Å². The molecule has 3 rings (SSSR count). The number of amides is 1. The molecular formula is C17H20FN3OS. The van der Waals surface area contributed by atoms with E-state index in [4.69, 9.17) is 0 Å². The highest BCUT2D eigenvalue weighted by Gasteiger charge is 2.24. The van der Waals surface area contributed by atoms with Crippen molar-refractivity contribution < 1.29 is 9.18 Å². The zero-order chi connectivity index (χ0) is 16.2. The maximum absolute atomic E-state index is 13.7. The Kier molecular flexibility index (Phi) is 5.03. The number of halogens is 1. The normalized spacial score (nSPS) is 21.1. The lowest BCUT2D eigenvalue weighted by atomic mass is 9.95. The molecule has 1 aromatic heterocycles. The summed E-state index contributed by atoms with van der Waals surface area (Å²) in [7, 11) is 0. The van der Waals surface area contributed by atoms with E-state index >= 15 is 0 Å². The number of aromatic nitrogens is 1. The van der Waals surface area contributed by atoms with Gasteiger partial charge in [-0.05, 0) is 30.5 Å². The minimum Gasteiger partial charge on any atom is -0.346 e. The Bertz CT molecular complexity index is 688. The number of carbonyl (C=O) groups is 1. The van der Waals surface area contributed by atoms with Gasteiger partial charge in [0.2, 0.25) is 0 Å². The van der Waals surface area contributed by atoms with Gasteiger partial charge in [0.25, 0.3) is 5.91 Å². The highest BCUT2D eigenvalue weighted by atomic mass is 32.1. The molecule has 0 saturated carbocycles. The number of carbonyl (C=O) groups excluding carboxylic acids is 1. The molecule has 2 heterocycles. The SMILES string of the molecule is CC1CCNCC1NC(=O)c1csc(Cc2ccccc2F)n1. The lowest BCUT2D eigenvalue weighted by molar-refractivity contribution is 0.0910. The summed E-state index contributed by atoms with van der Waals surface area (Å²) in [5, 5.41) is 8.82. The number of hydrogen-bond acceptors (Lipinski definition) is 4. The predicted octanol–water partition coefficient (Wildman–Crippen LogP) is 2.60. The largest absolute Gasteiger partial charge is 0.346 e. The first-order chi connectivity index (χ1) is 11.1. The van der Waals surface area contributed by atoms with Crippen LogP contribution in [0.4, 0.5) is 4.39 Å². The van der Waals surface area contributed by atoms with E-state index in [1.165, 1.54) is 17.4 Å². The van der Waals surface area contributed by atoms with Gasteiger partial charge >= 0.3 is 0 Å². The average Bonchev–Trinajstić information content (AvgIpc) is 3.01. The minimum atomic E-state index is -0.240. The third kappa shape index (κ3) is 3.95. The van der Waals surface area contributed by atoms with Crippen molar-refractivity contribution in [2.24, 2.45) is 5.92 Å². The van der Waals surface area contributed by atoms with Gasteiger partial charge in [-0.25, -0.2) is 9.37 Å². The molecule has 0 aliphatic carbocycles. The molecule has 1 aromatic carbocycles. The molecule has 2 aromatic rings. The van der Waals surface area contributed by atoms with Crippen LogP contribution in [0.1, 0.15) is 34.4 Å². The molecule has 1 aliphatic rings. The number of rotatable bonds is 4. The van der Waals surface area contributed by atoms with Crippen molar-refractivity contribution in [3.8, 4) is 0 Å². The second-order valence-corrected chi connectivity index (χ2v) is 6.89. The summed E-state index contributed by atoms with van der Waals surface area (Å²) in [5.74, 6) is 0.0640. The van der Waals surface area contributed by atoms with E-state index in [0.29, 0.717) is 23.6 Å². The van der Waals surface area contributed by atoms with Gasteiger partial charge in [0.15, 0.2) is 0 Å². The van der Waals surface area contributed by atoms with Gasteiger partial charge in [-0.3, -0.25) is 4.79 Å². The van der Waals surface area contributed by atoms with E-state index in [2.05, 4.69) is 22.5 Å². The van der Waals surface area contributed by atoms with E-state index in [-0.39, 0.29) is 17.8 Å². The molecule has 2 unspecified atom stereocenters. The van der Waals surface area contributed by atoms with Gasteiger partial charge in [-0.1, -0.05) is 25.1 Å². The molecular weight excluding hydrogens is 313 g/mol. The van der Waals surface area contributed by atoms with E-state index in [9.17, 15) is 9.18 Å². The van der Waals surface area contributed by atoms with Crippen LogP contribution in [0, 0.1) is 11.7 Å². The number of thiazole rings is 1. The molecule has 2 N–H and O–H groups in total. The zero-order valence-electron chi connectivity index (χ0n) is 13.0. The van der Waals surface area contributed by atoms with Crippen molar-refractivity contribution in [1.82, 2.24) is 15.6 Å². The number of benzene rings is 1. The lowest BCUT2D eigenvalue weighted by Gasteiger charge is -2.29. The van der Waals surface area contributed by atoms with Gasteiger partial charge in [0.05, 0.1) is 5.01 Å². The first kappa shape index (κ1) is 16.1. The third-order valence-electron chi connectivity index (χ3n) is 4.23. The van der Waals surface area contributed by atoms with E-state index in [1.54, 1.807) is 23.6 Å². The van der Waals surface area contributed by atoms with Crippen LogP contribution in [0.5, 0.6) is 0 Å². The number of hydrogen-bond donors (Lipinski definition) is 2. The fourth-order valence-electron chi connectivity index (χ4n) is 2.73. The Morgan fingerprint density at radius 3 is 3.09 bits per heavy atom. The van der Waals surface area contributed by atoms with Gasteiger partial charge in [0, 0.05) is 24.4 Å². The molecule has 0 spiro atoms. The molecule has 1 aliphatic heterocycles. The number of nitrogens with one attached hydrogen (secondary N) is 2. The van der Waals surface area contributed by atoms with Gasteiger partial charge in [0.1, 0.15) is 11.5 Å². The summed E-state index contributed by atoms with van der Waals surface area (Å²) in [6.07, 6.45) is 1.46. The van der Waals surface area contributed by atoms with Crippen molar-refractivity contribution in [3.05, 3.63) is 51.7 Å². The van der Waals surface area contributed by atoms with Gasteiger partial charge in [-0.15, -0.1) is 11.3 Å². The second-order valence-electron chi connectivity index (χ2n) is 5.94. The molecule has 1 saturated heterocycles. The Hall–Kier alpha value is -1.79. The first-order valence-electron chi connectivity index (χ1n) is 7.83. The summed E-state index contributed by atoms with van der Waals surface area (Å²) >= 11 is 1.39. The highest BCUT2D eigenvalue weighted by molar-refractivity contribution is 7.09. The average molecular weight is 333 g/mol. The monoisotopic (exact) mass is 333 g/mol. The maximum Gasteiger partial charge on any atom is 0.271 e. The fourth-order valence-corrected chi connectivity index (χ4v) is 3.52. The number of nitrogens with zero attached hydrogens (tertiary/aromatic N) is 1. The Morgan fingerprint density at radius 2 is 2.30 bits per heavy atom. The van der Waals surface area contributed by atoms with Crippen molar-refractivity contribution in [1.29, 1.82) is 0 Å². The molecule has 1 amide bonds. The summed E-state index contributed by atoms with van der Waals surface area (Å²) in [6.45, 7) is 3.94. The quantitative estimate of drug-likeness (QED) is 0.904. The second kappa shape index (κ2) is 7.19. The zero-order valence-corrected chi connectivity index (χ0v) is 13.8. The molecule has 23 heavy (non-hydrogen) atoms. The Morgan fingerprint density at radius 1 is 1.48 bits per heavy atom. The summed E-state index contributed by atoms with van der Waals surface area (Å²) < 4.78 is 13.7. The van der Waals surface area contributed by atoms with Crippen LogP contribution in [0.15, 0.2) is 29.6 Å². The predicted molar refractivity (Wildman–Crippen MR) is 89.2 cm³/mol. The molecule has 2 atom stereocenters. The third-order valence-corrected chi connectivity index (χ3v) is 5.08. The smallest absolute Gasteiger partial charge is 0.271 e. The molecule has 122 valence electrons. The summed E-state index contributed by atoms with van der Waals surface area (Å²) in [4.78, 5) is 16.7. The van der Waals surface area contributed by atoms with Gasteiger partial charge in [-0.2, -0.15) is 0 Å². The lowest BCUT2D eigenvalue weighted by Crippen LogP contribution is -2.50. The summed E-state index contributed by atoms with van der Waals surface area (Å²) in [5.41, 5.74) is 1.01.